The molecule has 29 heavy (non-hydrogen) atoms. The van der Waals surface area contributed by atoms with Crippen LogP contribution in [0.3, 0.4) is 0 Å². The van der Waals surface area contributed by atoms with E-state index < -0.39 is 7.60 Å². The maximum atomic E-state index is 11.9. The maximum Gasteiger partial charge on any atom is 0.330 e. The SMILES string of the molecule is CCCCCCCC/C=C/CCCCCCCC(=O)OCC1COP(=O)(OC)C1. The van der Waals surface area contributed by atoms with E-state index >= 15 is 0 Å². The van der Waals surface area contributed by atoms with Crippen LogP contribution in [0.25, 0.3) is 0 Å². The van der Waals surface area contributed by atoms with Crippen molar-refractivity contribution in [3.63, 3.8) is 0 Å². The first-order valence-electron chi connectivity index (χ1n) is 11.7. The van der Waals surface area contributed by atoms with Gasteiger partial charge in [0.25, 0.3) is 0 Å². The highest BCUT2D eigenvalue weighted by molar-refractivity contribution is 7.54. The molecule has 6 heteroatoms. The lowest BCUT2D eigenvalue weighted by molar-refractivity contribution is -0.145. The molecule has 0 aromatic rings. The minimum Gasteiger partial charge on any atom is -0.465 e. The van der Waals surface area contributed by atoms with Crippen LogP contribution < -0.4 is 0 Å². The Morgan fingerprint density at radius 3 is 2.14 bits per heavy atom. The van der Waals surface area contributed by atoms with Crippen molar-refractivity contribution in [2.24, 2.45) is 5.92 Å². The topological polar surface area (TPSA) is 61.8 Å². The molecule has 0 N–H and O–H groups in total. The van der Waals surface area contributed by atoms with Gasteiger partial charge in [0.15, 0.2) is 0 Å². The largest absolute Gasteiger partial charge is 0.465 e. The Balaban J connectivity index is 1.84. The number of hydrogen-bond donors (Lipinski definition) is 0. The summed E-state index contributed by atoms with van der Waals surface area (Å²) in [6.07, 6.45) is 21.6. The third kappa shape index (κ3) is 14.1. The number of allylic oxidation sites excluding steroid dienone is 2. The van der Waals surface area contributed by atoms with Crippen LogP contribution in [0.2, 0.25) is 0 Å². The highest BCUT2D eigenvalue weighted by atomic mass is 31.2. The molecule has 0 radical (unpaired) electrons. The zero-order chi connectivity index (χ0) is 21.2. The summed E-state index contributed by atoms with van der Waals surface area (Å²) < 4.78 is 27.2. The molecule has 0 saturated carbocycles. The molecule has 0 aliphatic carbocycles. The standard InChI is InChI=1S/C23H43O5P/c1-3-4-5-6-7-8-9-10-11-12-13-14-15-16-17-18-23(24)27-19-22-20-28-29(25,21-22)26-2/h10-11,22H,3-9,12-21H2,1-2H3/b11-10+. The predicted octanol–water partition coefficient (Wildman–Crippen LogP) is 7.05. The highest BCUT2D eigenvalue weighted by Crippen LogP contribution is 2.53. The number of carbonyl (C=O) groups is 1. The lowest BCUT2D eigenvalue weighted by atomic mass is 10.1. The Morgan fingerprint density at radius 1 is 0.966 bits per heavy atom. The van der Waals surface area contributed by atoms with Crippen molar-refractivity contribution in [1.82, 2.24) is 0 Å². The Kier molecular flexibility index (Phi) is 15.5. The average molecular weight is 431 g/mol. The van der Waals surface area contributed by atoms with Crippen LogP contribution in [0.1, 0.15) is 96.8 Å². The van der Waals surface area contributed by atoms with Gasteiger partial charge in [0.2, 0.25) is 0 Å². The van der Waals surface area contributed by atoms with Crippen molar-refractivity contribution in [2.75, 3.05) is 26.5 Å². The van der Waals surface area contributed by atoms with Gasteiger partial charge in [0.1, 0.15) is 0 Å². The average Bonchev–Trinajstić information content (AvgIpc) is 3.11. The predicted molar refractivity (Wildman–Crippen MR) is 119 cm³/mol. The highest BCUT2D eigenvalue weighted by Gasteiger charge is 2.36. The molecular formula is C23H43O5P. The van der Waals surface area contributed by atoms with E-state index in [-0.39, 0.29) is 18.5 Å². The zero-order valence-electron chi connectivity index (χ0n) is 18.7. The van der Waals surface area contributed by atoms with Crippen molar-refractivity contribution in [1.29, 1.82) is 0 Å². The van der Waals surface area contributed by atoms with E-state index in [0.29, 0.717) is 19.2 Å². The van der Waals surface area contributed by atoms with Gasteiger partial charge in [-0.3, -0.25) is 9.36 Å². The number of unbranched alkanes of at least 4 members (excludes halogenated alkanes) is 11. The molecule has 5 nitrogen and oxygen atoms in total. The summed E-state index contributed by atoms with van der Waals surface area (Å²) in [5, 5.41) is 0. The van der Waals surface area contributed by atoms with E-state index in [9.17, 15) is 9.36 Å². The van der Waals surface area contributed by atoms with Crippen LogP contribution in [-0.2, 0) is 23.1 Å². The van der Waals surface area contributed by atoms with Crippen molar-refractivity contribution in [2.45, 2.75) is 96.8 Å². The minimum atomic E-state index is -2.92. The molecular weight excluding hydrogens is 387 g/mol. The fourth-order valence-corrected chi connectivity index (χ4v) is 5.13. The van der Waals surface area contributed by atoms with Gasteiger partial charge in [-0.05, 0) is 32.1 Å². The number of rotatable bonds is 18. The monoisotopic (exact) mass is 430 g/mol. The Morgan fingerprint density at radius 2 is 1.55 bits per heavy atom. The van der Waals surface area contributed by atoms with Crippen LogP contribution in [-0.4, -0.2) is 32.5 Å². The molecule has 0 aromatic carbocycles. The summed E-state index contributed by atoms with van der Waals surface area (Å²) >= 11 is 0. The molecule has 1 saturated heterocycles. The van der Waals surface area contributed by atoms with E-state index in [4.69, 9.17) is 13.8 Å². The minimum absolute atomic E-state index is 0.0150. The smallest absolute Gasteiger partial charge is 0.330 e. The first-order chi connectivity index (χ1) is 14.1. The number of hydrogen-bond acceptors (Lipinski definition) is 5. The van der Waals surface area contributed by atoms with Gasteiger partial charge >= 0.3 is 13.6 Å². The molecule has 0 aromatic heterocycles. The van der Waals surface area contributed by atoms with Gasteiger partial charge in [-0.15, -0.1) is 0 Å². The van der Waals surface area contributed by atoms with Crippen molar-refractivity contribution >= 4 is 13.6 Å². The maximum absolute atomic E-state index is 11.9. The second-order valence-corrected chi connectivity index (χ2v) is 10.4. The fraction of sp³-hybridized carbons (Fsp3) is 0.870. The van der Waals surface area contributed by atoms with E-state index in [1.165, 1.54) is 77.7 Å². The second-order valence-electron chi connectivity index (χ2n) is 8.16. The lowest BCUT2D eigenvalue weighted by Gasteiger charge is -2.09. The molecule has 0 amide bonds. The van der Waals surface area contributed by atoms with Crippen molar-refractivity contribution < 1.29 is 23.1 Å². The molecule has 2 atom stereocenters. The van der Waals surface area contributed by atoms with Gasteiger partial charge in [-0.25, -0.2) is 0 Å². The lowest BCUT2D eigenvalue weighted by Crippen LogP contribution is -2.16. The fourth-order valence-electron chi connectivity index (χ4n) is 3.49. The first-order valence-corrected chi connectivity index (χ1v) is 13.4. The van der Waals surface area contributed by atoms with Gasteiger partial charge < -0.3 is 13.8 Å². The molecule has 1 aliphatic heterocycles. The van der Waals surface area contributed by atoms with Gasteiger partial charge in [-0.2, -0.15) is 0 Å². The Bertz CT molecular complexity index is 492. The Labute approximate surface area is 178 Å². The van der Waals surface area contributed by atoms with E-state index in [2.05, 4.69) is 19.1 Å². The zero-order valence-corrected chi connectivity index (χ0v) is 19.6. The Hall–Kier alpha value is -0.640. The number of carbonyl (C=O) groups excluding carboxylic acids is 1. The van der Waals surface area contributed by atoms with Crippen molar-refractivity contribution in [3.8, 4) is 0 Å². The normalized spacial score (nSPS) is 21.8. The molecule has 0 bridgehead atoms. The van der Waals surface area contributed by atoms with E-state index in [1.54, 1.807) is 0 Å². The quantitative estimate of drug-likeness (QED) is 0.101. The van der Waals surface area contributed by atoms with Crippen LogP contribution in [0, 0.1) is 5.92 Å². The third-order valence-electron chi connectivity index (χ3n) is 5.39. The molecule has 2 unspecified atom stereocenters. The summed E-state index contributed by atoms with van der Waals surface area (Å²) in [5.74, 6) is -0.180. The number of ether oxygens (including phenoxy) is 1. The van der Waals surface area contributed by atoms with Crippen molar-refractivity contribution in [3.05, 3.63) is 12.2 Å². The molecule has 1 heterocycles. The van der Waals surface area contributed by atoms with Gasteiger partial charge in [0, 0.05) is 19.4 Å². The van der Waals surface area contributed by atoms with Crippen LogP contribution in [0.5, 0.6) is 0 Å². The van der Waals surface area contributed by atoms with E-state index in [1.807, 2.05) is 0 Å². The van der Waals surface area contributed by atoms with Crippen LogP contribution in [0.15, 0.2) is 12.2 Å². The summed E-state index contributed by atoms with van der Waals surface area (Å²) in [7, 11) is -1.53. The first kappa shape index (κ1) is 26.4. The van der Waals surface area contributed by atoms with Gasteiger partial charge in [0.05, 0.1) is 19.4 Å². The van der Waals surface area contributed by atoms with Crippen LogP contribution in [0.4, 0.5) is 0 Å². The number of esters is 1. The summed E-state index contributed by atoms with van der Waals surface area (Å²) in [5.41, 5.74) is 0. The van der Waals surface area contributed by atoms with Crippen LogP contribution >= 0.6 is 7.60 Å². The second kappa shape index (κ2) is 17.1. The summed E-state index contributed by atoms with van der Waals surface area (Å²) in [4.78, 5) is 11.8. The molecule has 1 fully saturated rings. The summed E-state index contributed by atoms with van der Waals surface area (Å²) in [6.45, 7) is 2.87. The summed E-state index contributed by atoms with van der Waals surface area (Å²) in [6, 6.07) is 0. The molecule has 0 spiro atoms. The molecule has 1 aliphatic rings. The van der Waals surface area contributed by atoms with E-state index in [0.717, 1.165) is 12.8 Å². The van der Waals surface area contributed by atoms with Gasteiger partial charge in [-0.1, -0.05) is 70.4 Å². The third-order valence-corrected chi connectivity index (χ3v) is 7.45. The molecule has 170 valence electrons. The molecule has 1 rings (SSSR count).